The van der Waals surface area contributed by atoms with Gasteiger partial charge in [-0.2, -0.15) is 0 Å². The fraction of sp³-hybridized carbons (Fsp3) is 0.500. The lowest BCUT2D eigenvalue weighted by molar-refractivity contribution is 0.0953. The number of anilines is 1. The summed E-state index contributed by atoms with van der Waals surface area (Å²) in [6.07, 6.45) is 4.65. The molecule has 100 valence electrons. The van der Waals surface area contributed by atoms with Gasteiger partial charge in [0.05, 0.1) is 5.69 Å². The van der Waals surface area contributed by atoms with Gasteiger partial charge in [0.15, 0.2) is 0 Å². The first-order valence-electron chi connectivity index (χ1n) is 6.54. The van der Waals surface area contributed by atoms with Gasteiger partial charge in [0.2, 0.25) is 0 Å². The number of nitrogens with one attached hydrogen (secondary N) is 2. The molecule has 0 fully saturated rings. The van der Waals surface area contributed by atoms with Crippen LogP contribution in [-0.2, 0) is 0 Å². The molecule has 0 spiro atoms. The molecule has 0 saturated carbocycles. The monoisotopic (exact) mass is 249 g/mol. The predicted octanol–water partition coefficient (Wildman–Crippen LogP) is 2.59. The first-order valence-corrected chi connectivity index (χ1v) is 6.54. The summed E-state index contributed by atoms with van der Waals surface area (Å²) >= 11 is 0. The summed E-state index contributed by atoms with van der Waals surface area (Å²) in [6.45, 7) is 4.84. The first-order chi connectivity index (χ1) is 8.69. The normalized spacial score (nSPS) is 10.2. The second-order valence-electron chi connectivity index (χ2n) is 4.49. The van der Waals surface area contributed by atoms with E-state index in [1.165, 1.54) is 19.3 Å². The molecule has 0 aliphatic heterocycles. The fourth-order valence-electron chi connectivity index (χ4n) is 1.82. The van der Waals surface area contributed by atoms with E-state index in [4.69, 9.17) is 5.84 Å². The minimum atomic E-state index is -0.0156. The third-order valence-electron chi connectivity index (χ3n) is 2.96. The van der Waals surface area contributed by atoms with Gasteiger partial charge in [-0.3, -0.25) is 10.6 Å². The number of nitrogens with two attached hydrogens (primary N) is 1. The molecule has 1 rings (SSSR count). The van der Waals surface area contributed by atoms with Crippen LogP contribution in [0.2, 0.25) is 0 Å². The molecule has 0 aromatic heterocycles. The minimum absolute atomic E-state index is 0.0156. The predicted molar refractivity (Wildman–Crippen MR) is 75.5 cm³/mol. The summed E-state index contributed by atoms with van der Waals surface area (Å²) in [7, 11) is 0. The Morgan fingerprint density at radius 2 is 2.06 bits per heavy atom. The SMILES string of the molecule is CCCCCCNC(=O)c1ccc(NN)c(C)c1. The number of carbonyl (C=O) groups is 1. The van der Waals surface area contributed by atoms with E-state index in [2.05, 4.69) is 17.7 Å². The average molecular weight is 249 g/mol. The van der Waals surface area contributed by atoms with Crippen LogP contribution in [0.4, 0.5) is 5.69 Å². The molecule has 4 nitrogen and oxygen atoms in total. The molecule has 1 aromatic carbocycles. The van der Waals surface area contributed by atoms with Crippen molar-refractivity contribution in [3.8, 4) is 0 Å². The molecule has 0 unspecified atom stereocenters. The maximum Gasteiger partial charge on any atom is 0.251 e. The highest BCUT2D eigenvalue weighted by Gasteiger charge is 2.06. The van der Waals surface area contributed by atoms with Crippen LogP contribution in [-0.4, -0.2) is 12.5 Å². The zero-order valence-electron chi connectivity index (χ0n) is 11.3. The van der Waals surface area contributed by atoms with Crippen LogP contribution in [0.5, 0.6) is 0 Å². The van der Waals surface area contributed by atoms with Crippen molar-refractivity contribution in [3.63, 3.8) is 0 Å². The highest BCUT2D eigenvalue weighted by Crippen LogP contribution is 2.15. The summed E-state index contributed by atoms with van der Waals surface area (Å²) in [5.74, 6) is 5.34. The Kier molecular flexibility index (Phi) is 6.22. The van der Waals surface area contributed by atoms with Gasteiger partial charge in [-0.15, -0.1) is 0 Å². The van der Waals surface area contributed by atoms with Crippen molar-refractivity contribution in [3.05, 3.63) is 29.3 Å². The topological polar surface area (TPSA) is 67.2 Å². The Morgan fingerprint density at radius 1 is 1.28 bits per heavy atom. The van der Waals surface area contributed by atoms with E-state index < -0.39 is 0 Å². The lowest BCUT2D eigenvalue weighted by Gasteiger charge is -2.08. The van der Waals surface area contributed by atoms with E-state index in [0.717, 1.165) is 24.2 Å². The largest absolute Gasteiger partial charge is 0.352 e. The molecule has 1 aromatic rings. The molecule has 0 saturated heterocycles. The van der Waals surface area contributed by atoms with Crippen molar-refractivity contribution in [1.29, 1.82) is 0 Å². The number of hydrazine groups is 1. The van der Waals surface area contributed by atoms with Gasteiger partial charge in [0, 0.05) is 12.1 Å². The van der Waals surface area contributed by atoms with Crippen LogP contribution in [0.25, 0.3) is 0 Å². The van der Waals surface area contributed by atoms with Gasteiger partial charge >= 0.3 is 0 Å². The van der Waals surface area contributed by atoms with Gasteiger partial charge in [-0.1, -0.05) is 26.2 Å². The maximum absolute atomic E-state index is 11.9. The molecule has 18 heavy (non-hydrogen) atoms. The van der Waals surface area contributed by atoms with E-state index in [9.17, 15) is 4.79 Å². The molecule has 0 radical (unpaired) electrons. The van der Waals surface area contributed by atoms with Crippen LogP contribution in [0.15, 0.2) is 18.2 Å². The standard InChI is InChI=1S/C14H23N3O/c1-3-4-5-6-9-16-14(18)12-7-8-13(17-15)11(2)10-12/h7-8,10,17H,3-6,9,15H2,1-2H3,(H,16,18). The van der Waals surface area contributed by atoms with Gasteiger partial charge in [0.1, 0.15) is 0 Å². The Hall–Kier alpha value is -1.55. The number of unbranched alkanes of at least 4 members (excludes halogenated alkanes) is 3. The lowest BCUT2D eigenvalue weighted by atomic mass is 10.1. The summed E-state index contributed by atoms with van der Waals surface area (Å²) < 4.78 is 0. The van der Waals surface area contributed by atoms with E-state index in [-0.39, 0.29) is 5.91 Å². The second-order valence-corrected chi connectivity index (χ2v) is 4.49. The number of nitrogen functional groups attached to an aromatic ring is 1. The molecule has 0 heterocycles. The van der Waals surface area contributed by atoms with Crippen LogP contribution in [0.3, 0.4) is 0 Å². The molecule has 4 N–H and O–H groups in total. The zero-order valence-corrected chi connectivity index (χ0v) is 11.3. The Labute approximate surface area is 109 Å². The van der Waals surface area contributed by atoms with Gasteiger partial charge in [0.25, 0.3) is 5.91 Å². The van der Waals surface area contributed by atoms with Crippen molar-refractivity contribution >= 4 is 11.6 Å². The summed E-state index contributed by atoms with van der Waals surface area (Å²) in [5, 5.41) is 2.93. The highest BCUT2D eigenvalue weighted by molar-refractivity contribution is 5.94. The van der Waals surface area contributed by atoms with Crippen molar-refractivity contribution in [1.82, 2.24) is 5.32 Å². The van der Waals surface area contributed by atoms with Crippen LogP contribution in [0.1, 0.15) is 48.5 Å². The third kappa shape index (κ3) is 4.37. The van der Waals surface area contributed by atoms with E-state index >= 15 is 0 Å². The number of carbonyl (C=O) groups excluding carboxylic acids is 1. The Balaban J connectivity index is 2.44. The smallest absolute Gasteiger partial charge is 0.251 e. The average Bonchev–Trinajstić information content (AvgIpc) is 2.38. The van der Waals surface area contributed by atoms with E-state index in [0.29, 0.717) is 5.56 Å². The molecule has 4 heteroatoms. The van der Waals surface area contributed by atoms with Crippen molar-refractivity contribution in [2.24, 2.45) is 5.84 Å². The molecule has 0 atom stereocenters. The highest BCUT2D eigenvalue weighted by atomic mass is 16.1. The molecular weight excluding hydrogens is 226 g/mol. The zero-order chi connectivity index (χ0) is 13.4. The van der Waals surface area contributed by atoms with Crippen LogP contribution >= 0.6 is 0 Å². The number of rotatable bonds is 7. The molecule has 1 amide bonds. The first kappa shape index (κ1) is 14.5. The van der Waals surface area contributed by atoms with Crippen molar-refractivity contribution < 1.29 is 4.79 Å². The Bertz CT molecular complexity index is 391. The second kappa shape index (κ2) is 7.71. The number of amides is 1. The number of hydrogen-bond acceptors (Lipinski definition) is 3. The number of aryl methyl sites for hydroxylation is 1. The Morgan fingerprint density at radius 3 is 2.67 bits per heavy atom. The van der Waals surface area contributed by atoms with Gasteiger partial charge in [-0.05, 0) is 37.1 Å². The summed E-state index contributed by atoms with van der Waals surface area (Å²) in [6, 6.07) is 5.45. The quantitative estimate of drug-likeness (QED) is 0.395. The molecule has 0 aliphatic carbocycles. The molecular formula is C14H23N3O. The van der Waals surface area contributed by atoms with E-state index in [1.807, 2.05) is 19.1 Å². The third-order valence-corrected chi connectivity index (χ3v) is 2.96. The summed E-state index contributed by atoms with van der Waals surface area (Å²) in [4.78, 5) is 11.9. The summed E-state index contributed by atoms with van der Waals surface area (Å²) in [5.41, 5.74) is 5.09. The fourth-order valence-corrected chi connectivity index (χ4v) is 1.82. The molecule has 0 aliphatic rings. The van der Waals surface area contributed by atoms with E-state index in [1.54, 1.807) is 6.07 Å². The maximum atomic E-state index is 11.9. The number of benzene rings is 1. The van der Waals surface area contributed by atoms with Gasteiger partial charge < -0.3 is 10.7 Å². The lowest BCUT2D eigenvalue weighted by Crippen LogP contribution is -2.24. The van der Waals surface area contributed by atoms with Crippen LogP contribution in [0, 0.1) is 6.92 Å². The minimum Gasteiger partial charge on any atom is -0.352 e. The molecule has 0 bridgehead atoms. The van der Waals surface area contributed by atoms with Crippen molar-refractivity contribution in [2.75, 3.05) is 12.0 Å². The van der Waals surface area contributed by atoms with Crippen molar-refractivity contribution in [2.45, 2.75) is 39.5 Å². The van der Waals surface area contributed by atoms with Crippen LogP contribution < -0.4 is 16.6 Å². The van der Waals surface area contributed by atoms with Gasteiger partial charge in [-0.25, -0.2) is 0 Å². The number of hydrogen-bond donors (Lipinski definition) is 3.